The number of aliphatic hydroxyl groups excluding tert-OH is 1. The third kappa shape index (κ3) is 3.60. The zero-order valence-corrected chi connectivity index (χ0v) is 12.3. The average Bonchev–Trinajstić information content (AvgIpc) is 2.98. The highest BCUT2D eigenvalue weighted by Gasteiger charge is 2.29. The molecule has 1 heterocycles. The summed E-state index contributed by atoms with van der Waals surface area (Å²) in [4.78, 5) is 17.2. The van der Waals surface area contributed by atoms with Crippen molar-refractivity contribution < 1.29 is 10.0 Å². The standard InChI is InChI=1S/C14H22N4O3/c1-2-15-13-8-7-12(18(20)21)14(16-13)17(9-10-19)11-5-3-4-6-11/h7-8,11,19H,2-6,9-10H2,1H3,(H,15,16). The SMILES string of the molecule is CCNc1ccc([N+](=O)[O-])c(N(CCO)C2CCCC2)n1. The van der Waals surface area contributed by atoms with E-state index < -0.39 is 4.92 Å². The normalized spacial score (nSPS) is 15.1. The van der Waals surface area contributed by atoms with E-state index in [-0.39, 0.29) is 18.3 Å². The van der Waals surface area contributed by atoms with Gasteiger partial charge in [-0.2, -0.15) is 0 Å². The van der Waals surface area contributed by atoms with Crippen molar-refractivity contribution in [2.45, 2.75) is 38.6 Å². The third-order valence-corrected chi connectivity index (χ3v) is 3.79. The molecule has 7 nitrogen and oxygen atoms in total. The summed E-state index contributed by atoms with van der Waals surface area (Å²) in [6.07, 6.45) is 4.22. The van der Waals surface area contributed by atoms with Crippen molar-refractivity contribution in [2.24, 2.45) is 0 Å². The van der Waals surface area contributed by atoms with Crippen molar-refractivity contribution in [1.29, 1.82) is 0 Å². The van der Waals surface area contributed by atoms with Crippen molar-refractivity contribution in [3.8, 4) is 0 Å². The lowest BCUT2D eigenvalue weighted by Gasteiger charge is -2.29. The van der Waals surface area contributed by atoms with Crippen LogP contribution in [0.1, 0.15) is 32.6 Å². The number of nitro groups is 1. The molecule has 0 aliphatic heterocycles. The summed E-state index contributed by atoms with van der Waals surface area (Å²) in [5.74, 6) is 0.985. The summed E-state index contributed by atoms with van der Waals surface area (Å²) >= 11 is 0. The molecule has 116 valence electrons. The highest BCUT2D eigenvalue weighted by atomic mass is 16.6. The van der Waals surface area contributed by atoms with E-state index >= 15 is 0 Å². The summed E-state index contributed by atoms with van der Waals surface area (Å²) in [5.41, 5.74) is -0.00277. The average molecular weight is 294 g/mol. The second-order valence-corrected chi connectivity index (χ2v) is 5.18. The molecule has 21 heavy (non-hydrogen) atoms. The zero-order chi connectivity index (χ0) is 15.2. The number of anilines is 2. The van der Waals surface area contributed by atoms with Gasteiger partial charge in [0.25, 0.3) is 0 Å². The number of hydrogen-bond donors (Lipinski definition) is 2. The molecule has 0 spiro atoms. The van der Waals surface area contributed by atoms with Crippen LogP contribution in [0.3, 0.4) is 0 Å². The molecule has 1 saturated carbocycles. The quantitative estimate of drug-likeness (QED) is 0.591. The predicted molar refractivity (Wildman–Crippen MR) is 81.7 cm³/mol. The molecule has 7 heteroatoms. The molecule has 0 bridgehead atoms. The molecule has 0 atom stereocenters. The number of rotatable bonds is 7. The summed E-state index contributed by atoms with van der Waals surface area (Å²) in [6, 6.07) is 3.33. The van der Waals surface area contributed by atoms with Crippen LogP contribution in [0.5, 0.6) is 0 Å². The Kier molecular flexibility index (Phi) is 5.32. The van der Waals surface area contributed by atoms with E-state index in [0.29, 0.717) is 24.7 Å². The van der Waals surface area contributed by atoms with Crippen molar-refractivity contribution in [3.63, 3.8) is 0 Å². The van der Waals surface area contributed by atoms with Gasteiger partial charge in [-0.25, -0.2) is 4.98 Å². The topological polar surface area (TPSA) is 91.5 Å². The molecule has 1 fully saturated rings. The minimum atomic E-state index is -0.405. The summed E-state index contributed by atoms with van der Waals surface area (Å²) in [7, 11) is 0. The van der Waals surface area contributed by atoms with Crippen molar-refractivity contribution in [3.05, 3.63) is 22.2 Å². The number of nitrogens with zero attached hydrogens (tertiary/aromatic N) is 3. The molecule has 1 aliphatic carbocycles. The monoisotopic (exact) mass is 294 g/mol. The smallest absolute Gasteiger partial charge is 0.311 e. The molecular weight excluding hydrogens is 272 g/mol. The number of aromatic nitrogens is 1. The maximum absolute atomic E-state index is 11.3. The van der Waals surface area contributed by atoms with Crippen LogP contribution in [0, 0.1) is 10.1 Å². The van der Waals surface area contributed by atoms with Crippen LogP contribution < -0.4 is 10.2 Å². The van der Waals surface area contributed by atoms with Crippen LogP contribution >= 0.6 is 0 Å². The second kappa shape index (κ2) is 7.21. The molecule has 1 aromatic heterocycles. The first-order valence-electron chi connectivity index (χ1n) is 7.44. The lowest BCUT2D eigenvalue weighted by Crippen LogP contribution is -2.36. The van der Waals surface area contributed by atoms with Gasteiger partial charge >= 0.3 is 5.69 Å². The molecule has 0 unspecified atom stereocenters. The Hall–Kier alpha value is -1.89. The van der Waals surface area contributed by atoms with Gasteiger partial charge in [-0.05, 0) is 25.8 Å². The molecule has 2 rings (SSSR count). The van der Waals surface area contributed by atoms with E-state index in [9.17, 15) is 15.2 Å². The largest absolute Gasteiger partial charge is 0.395 e. The molecule has 0 radical (unpaired) electrons. The minimum absolute atomic E-state index is 0.00277. The maximum Gasteiger partial charge on any atom is 0.311 e. The first-order chi connectivity index (χ1) is 10.2. The van der Waals surface area contributed by atoms with E-state index in [1.165, 1.54) is 6.07 Å². The maximum atomic E-state index is 11.3. The van der Waals surface area contributed by atoms with Crippen LogP contribution in [0.2, 0.25) is 0 Å². The van der Waals surface area contributed by atoms with Crippen LogP contribution in [-0.4, -0.2) is 40.8 Å². The predicted octanol–water partition coefficient (Wildman–Crippen LogP) is 2.16. The van der Waals surface area contributed by atoms with Gasteiger partial charge in [-0.15, -0.1) is 0 Å². The number of pyridine rings is 1. The molecule has 0 aromatic carbocycles. The van der Waals surface area contributed by atoms with Crippen molar-refractivity contribution in [2.75, 3.05) is 29.9 Å². The van der Waals surface area contributed by atoms with E-state index in [0.717, 1.165) is 25.7 Å². The van der Waals surface area contributed by atoms with E-state index in [4.69, 9.17) is 0 Å². The molecule has 0 saturated heterocycles. The highest BCUT2D eigenvalue weighted by molar-refractivity contribution is 5.62. The number of hydrogen-bond acceptors (Lipinski definition) is 6. The van der Waals surface area contributed by atoms with Crippen LogP contribution in [-0.2, 0) is 0 Å². The van der Waals surface area contributed by atoms with Gasteiger partial charge in [-0.3, -0.25) is 10.1 Å². The van der Waals surface area contributed by atoms with Crippen molar-refractivity contribution >= 4 is 17.3 Å². The molecule has 2 N–H and O–H groups in total. The van der Waals surface area contributed by atoms with Gasteiger partial charge < -0.3 is 15.3 Å². The fourth-order valence-corrected chi connectivity index (χ4v) is 2.86. The molecule has 1 aliphatic rings. The van der Waals surface area contributed by atoms with Crippen LogP contribution in [0.4, 0.5) is 17.3 Å². The zero-order valence-electron chi connectivity index (χ0n) is 12.3. The number of nitrogens with one attached hydrogen (secondary N) is 1. The van der Waals surface area contributed by atoms with Gasteiger partial charge in [0.05, 0.1) is 11.5 Å². The van der Waals surface area contributed by atoms with Gasteiger partial charge in [0.1, 0.15) is 5.82 Å². The van der Waals surface area contributed by atoms with E-state index in [1.54, 1.807) is 6.07 Å². The first-order valence-corrected chi connectivity index (χ1v) is 7.44. The highest BCUT2D eigenvalue weighted by Crippen LogP contribution is 2.33. The molecule has 0 amide bonds. The summed E-state index contributed by atoms with van der Waals surface area (Å²) in [6.45, 7) is 2.98. The lowest BCUT2D eigenvalue weighted by molar-refractivity contribution is -0.384. The lowest BCUT2D eigenvalue weighted by atomic mass is 10.2. The van der Waals surface area contributed by atoms with Crippen LogP contribution in [0.25, 0.3) is 0 Å². The fourth-order valence-electron chi connectivity index (χ4n) is 2.86. The first kappa shape index (κ1) is 15.5. The molecule has 1 aromatic rings. The summed E-state index contributed by atoms with van der Waals surface area (Å²) < 4.78 is 0. The Morgan fingerprint density at radius 3 is 2.76 bits per heavy atom. The Morgan fingerprint density at radius 2 is 2.19 bits per heavy atom. The van der Waals surface area contributed by atoms with Crippen molar-refractivity contribution in [1.82, 2.24) is 4.98 Å². The third-order valence-electron chi connectivity index (χ3n) is 3.79. The van der Waals surface area contributed by atoms with Gasteiger partial charge in [0.2, 0.25) is 5.82 Å². The second-order valence-electron chi connectivity index (χ2n) is 5.18. The van der Waals surface area contributed by atoms with Gasteiger partial charge in [0, 0.05) is 25.2 Å². The minimum Gasteiger partial charge on any atom is -0.395 e. The van der Waals surface area contributed by atoms with E-state index in [1.807, 2.05) is 11.8 Å². The fraction of sp³-hybridized carbons (Fsp3) is 0.643. The van der Waals surface area contributed by atoms with Crippen LogP contribution in [0.15, 0.2) is 12.1 Å². The van der Waals surface area contributed by atoms with Gasteiger partial charge in [-0.1, -0.05) is 12.8 Å². The van der Waals surface area contributed by atoms with Gasteiger partial charge in [0.15, 0.2) is 0 Å². The van der Waals surface area contributed by atoms with E-state index in [2.05, 4.69) is 10.3 Å². The Bertz CT molecular complexity index is 489. The Morgan fingerprint density at radius 1 is 1.48 bits per heavy atom. The summed E-state index contributed by atoms with van der Waals surface area (Å²) in [5, 5.41) is 23.7. The Labute approximate surface area is 124 Å². The number of aliphatic hydroxyl groups is 1. The molecular formula is C14H22N4O3. The Balaban J connectivity index is 2.39.